The lowest BCUT2D eigenvalue weighted by Crippen LogP contribution is -2.01. The van der Waals surface area contributed by atoms with Crippen LogP contribution in [0.2, 0.25) is 20.1 Å². The Labute approximate surface area is 139 Å². The Morgan fingerprint density at radius 3 is 2.11 bits per heavy atom. The van der Waals surface area contributed by atoms with E-state index in [-0.39, 0.29) is 0 Å². The molecule has 0 spiro atoms. The summed E-state index contributed by atoms with van der Waals surface area (Å²) in [5.41, 5.74) is 1.71. The molecule has 0 saturated heterocycles. The van der Waals surface area contributed by atoms with Crippen molar-refractivity contribution in [3.8, 4) is 0 Å². The van der Waals surface area contributed by atoms with Gasteiger partial charge in [0.05, 0.1) is 15.7 Å². The Kier molecular flexibility index (Phi) is 5.27. The number of nitrogens with one attached hydrogen (secondary N) is 1. The molecule has 0 heterocycles. The quantitative estimate of drug-likeness (QED) is 0.607. The fourth-order valence-corrected chi connectivity index (χ4v) is 3.33. The molecule has 6 heteroatoms. The van der Waals surface area contributed by atoms with Crippen molar-refractivity contribution < 1.29 is 0 Å². The van der Waals surface area contributed by atoms with Gasteiger partial charge in [0.1, 0.15) is 0 Å². The van der Waals surface area contributed by atoms with Gasteiger partial charge in [0.25, 0.3) is 0 Å². The van der Waals surface area contributed by atoms with Gasteiger partial charge >= 0.3 is 0 Å². The number of rotatable bonds is 3. The van der Waals surface area contributed by atoms with Gasteiger partial charge in [0.15, 0.2) is 0 Å². The normalized spacial score (nSPS) is 10.6. The highest BCUT2D eigenvalue weighted by molar-refractivity contribution is 9.10. The van der Waals surface area contributed by atoms with Crippen molar-refractivity contribution in [3.05, 3.63) is 60.5 Å². The van der Waals surface area contributed by atoms with Gasteiger partial charge < -0.3 is 5.32 Å². The predicted octanol–water partition coefficient (Wildman–Crippen LogP) is 6.67. The second kappa shape index (κ2) is 6.55. The number of anilines is 1. The molecule has 19 heavy (non-hydrogen) atoms. The van der Waals surface area contributed by atoms with Crippen LogP contribution >= 0.6 is 62.3 Å². The van der Waals surface area contributed by atoms with E-state index in [2.05, 4.69) is 21.2 Å². The Morgan fingerprint density at radius 2 is 1.53 bits per heavy atom. The molecule has 1 N–H and O–H groups in total. The van der Waals surface area contributed by atoms with Gasteiger partial charge in [-0.1, -0.05) is 68.4 Å². The zero-order chi connectivity index (χ0) is 14.0. The number of hydrogen-bond acceptors (Lipinski definition) is 1. The lowest BCUT2D eigenvalue weighted by molar-refractivity contribution is 1.14. The Morgan fingerprint density at radius 1 is 0.895 bits per heavy atom. The van der Waals surface area contributed by atoms with E-state index >= 15 is 0 Å². The predicted molar refractivity (Wildman–Crippen MR) is 88.0 cm³/mol. The molecule has 0 aliphatic heterocycles. The molecule has 0 aliphatic carbocycles. The molecule has 0 fully saturated rings. The van der Waals surface area contributed by atoms with E-state index in [9.17, 15) is 0 Å². The fraction of sp³-hybridized carbons (Fsp3) is 0.0769. The topological polar surface area (TPSA) is 12.0 Å². The third-order valence-electron chi connectivity index (χ3n) is 2.48. The summed E-state index contributed by atoms with van der Waals surface area (Å²) in [5.74, 6) is 0. The summed E-state index contributed by atoms with van der Waals surface area (Å²) in [6, 6.07) is 8.89. The van der Waals surface area contributed by atoms with E-state index in [1.165, 1.54) is 0 Å². The summed E-state index contributed by atoms with van der Waals surface area (Å²) >= 11 is 27.4. The van der Waals surface area contributed by atoms with Crippen molar-refractivity contribution in [2.45, 2.75) is 6.54 Å². The van der Waals surface area contributed by atoms with Crippen LogP contribution in [-0.2, 0) is 6.54 Å². The van der Waals surface area contributed by atoms with Crippen LogP contribution in [0.1, 0.15) is 5.56 Å². The zero-order valence-electron chi connectivity index (χ0n) is 9.48. The maximum atomic E-state index is 6.10. The zero-order valence-corrected chi connectivity index (χ0v) is 14.1. The minimum Gasteiger partial charge on any atom is -0.379 e. The van der Waals surface area contributed by atoms with Crippen LogP contribution in [0.25, 0.3) is 0 Å². The van der Waals surface area contributed by atoms with Crippen molar-refractivity contribution in [2.24, 2.45) is 0 Å². The second-order valence-corrected chi connectivity index (χ2v) is 6.38. The van der Waals surface area contributed by atoms with Gasteiger partial charge in [-0.05, 0) is 29.8 Å². The lowest BCUT2D eigenvalue weighted by Gasteiger charge is -2.12. The standard InChI is InChI=1S/C13H8BrCl4N/c14-10-3-8(15)2-1-7(10)6-19-13-11(17)4-9(16)5-12(13)18/h1-5,19H,6H2. The molecule has 2 aromatic carbocycles. The SMILES string of the molecule is Clc1cc(Cl)c(NCc2ccc(Cl)cc2Br)c(Cl)c1. The van der Waals surface area contributed by atoms with Crippen LogP contribution < -0.4 is 5.32 Å². The van der Waals surface area contributed by atoms with E-state index in [0.717, 1.165) is 10.0 Å². The van der Waals surface area contributed by atoms with Crippen LogP contribution in [0.15, 0.2) is 34.8 Å². The van der Waals surface area contributed by atoms with Crippen LogP contribution in [-0.4, -0.2) is 0 Å². The van der Waals surface area contributed by atoms with Crippen LogP contribution in [0.5, 0.6) is 0 Å². The van der Waals surface area contributed by atoms with E-state index in [1.54, 1.807) is 12.1 Å². The first-order valence-electron chi connectivity index (χ1n) is 5.29. The Bertz CT molecular complexity index is 593. The number of hydrogen-bond donors (Lipinski definition) is 1. The second-order valence-electron chi connectivity index (χ2n) is 3.83. The van der Waals surface area contributed by atoms with Gasteiger partial charge in [-0.25, -0.2) is 0 Å². The van der Waals surface area contributed by atoms with E-state index in [4.69, 9.17) is 46.4 Å². The van der Waals surface area contributed by atoms with Crippen molar-refractivity contribution >= 4 is 68.0 Å². The summed E-state index contributed by atoms with van der Waals surface area (Å²) in [5, 5.41) is 5.35. The van der Waals surface area contributed by atoms with Crippen molar-refractivity contribution in [3.63, 3.8) is 0 Å². The summed E-state index contributed by atoms with van der Waals surface area (Å²) in [4.78, 5) is 0. The average Bonchev–Trinajstić information content (AvgIpc) is 2.30. The largest absolute Gasteiger partial charge is 0.379 e. The van der Waals surface area contributed by atoms with Crippen LogP contribution in [0.4, 0.5) is 5.69 Å². The number of benzene rings is 2. The Hall–Kier alpha value is -0.120. The minimum atomic E-state index is 0.489. The summed E-state index contributed by atoms with van der Waals surface area (Å²) in [6.45, 7) is 0.568. The molecule has 0 radical (unpaired) electrons. The minimum absolute atomic E-state index is 0.489. The molecule has 100 valence electrons. The molecule has 0 bridgehead atoms. The monoisotopic (exact) mass is 397 g/mol. The molecular weight excluding hydrogens is 392 g/mol. The molecule has 0 saturated carbocycles. The fourth-order valence-electron chi connectivity index (χ4n) is 1.56. The summed E-state index contributed by atoms with van der Waals surface area (Å²) < 4.78 is 0.925. The van der Waals surface area contributed by atoms with Crippen LogP contribution in [0.3, 0.4) is 0 Å². The maximum absolute atomic E-state index is 6.10. The lowest BCUT2D eigenvalue weighted by atomic mass is 10.2. The summed E-state index contributed by atoms with van der Waals surface area (Å²) in [7, 11) is 0. The first kappa shape index (κ1) is 15.3. The number of halogens is 5. The van der Waals surface area contributed by atoms with Gasteiger partial charge in [0, 0.05) is 21.1 Å². The van der Waals surface area contributed by atoms with Gasteiger partial charge in [0.2, 0.25) is 0 Å². The highest BCUT2D eigenvalue weighted by Crippen LogP contribution is 2.34. The van der Waals surface area contributed by atoms with E-state index < -0.39 is 0 Å². The van der Waals surface area contributed by atoms with E-state index in [0.29, 0.717) is 32.3 Å². The van der Waals surface area contributed by atoms with Crippen molar-refractivity contribution in [2.75, 3.05) is 5.32 Å². The van der Waals surface area contributed by atoms with Crippen molar-refractivity contribution in [1.82, 2.24) is 0 Å². The molecule has 0 aromatic heterocycles. The molecule has 1 nitrogen and oxygen atoms in total. The van der Waals surface area contributed by atoms with Gasteiger partial charge in [-0.3, -0.25) is 0 Å². The first-order chi connectivity index (χ1) is 8.97. The third kappa shape index (κ3) is 3.93. The molecule has 0 unspecified atom stereocenters. The van der Waals surface area contributed by atoms with E-state index in [1.807, 2.05) is 18.2 Å². The van der Waals surface area contributed by atoms with Gasteiger partial charge in [-0.15, -0.1) is 0 Å². The summed E-state index contributed by atoms with van der Waals surface area (Å²) in [6.07, 6.45) is 0. The molecule has 0 amide bonds. The van der Waals surface area contributed by atoms with Crippen LogP contribution in [0, 0.1) is 0 Å². The molecule has 0 atom stereocenters. The van der Waals surface area contributed by atoms with Crippen molar-refractivity contribution in [1.29, 1.82) is 0 Å². The Balaban J connectivity index is 2.19. The first-order valence-corrected chi connectivity index (χ1v) is 7.60. The average molecular weight is 400 g/mol. The third-order valence-corrected chi connectivity index (χ3v) is 4.27. The highest BCUT2D eigenvalue weighted by Gasteiger charge is 2.08. The molecule has 2 rings (SSSR count). The highest BCUT2D eigenvalue weighted by atomic mass is 79.9. The smallest absolute Gasteiger partial charge is 0.0722 e. The van der Waals surface area contributed by atoms with Gasteiger partial charge in [-0.2, -0.15) is 0 Å². The molecule has 2 aromatic rings. The molecule has 0 aliphatic rings. The molecular formula is C13H8BrCl4N. The maximum Gasteiger partial charge on any atom is 0.0722 e.